The van der Waals surface area contributed by atoms with Crippen molar-refractivity contribution in [2.45, 2.75) is 53.2 Å². The summed E-state index contributed by atoms with van der Waals surface area (Å²) in [6.07, 6.45) is 1.00. The Morgan fingerprint density at radius 3 is 2.47 bits per heavy atom. The number of carbonyl (C=O) groups excluding carboxylic acids is 2. The first-order valence-corrected chi connectivity index (χ1v) is 10.7. The first-order valence-electron chi connectivity index (χ1n) is 10.7. The van der Waals surface area contributed by atoms with E-state index in [9.17, 15) is 9.59 Å². The second-order valence-electron chi connectivity index (χ2n) is 8.86. The van der Waals surface area contributed by atoms with Crippen molar-refractivity contribution in [3.8, 4) is 11.4 Å². The van der Waals surface area contributed by atoms with Crippen LogP contribution in [-0.2, 0) is 17.9 Å². The van der Waals surface area contributed by atoms with Crippen LogP contribution in [0.2, 0.25) is 0 Å². The van der Waals surface area contributed by atoms with Gasteiger partial charge in [0.05, 0.1) is 5.69 Å². The molecule has 2 aromatic rings. The summed E-state index contributed by atoms with van der Waals surface area (Å²) in [6, 6.07) is 9.31. The summed E-state index contributed by atoms with van der Waals surface area (Å²) in [7, 11) is 1.59. The Morgan fingerprint density at radius 1 is 1.17 bits per heavy atom. The molecule has 1 unspecified atom stereocenters. The van der Waals surface area contributed by atoms with Crippen LogP contribution in [0.3, 0.4) is 0 Å². The number of hydrogen-bond acceptors (Lipinski definition) is 4. The molecule has 0 fully saturated rings. The van der Waals surface area contributed by atoms with E-state index in [1.807, 2.05) is 51.1 Å². The maximum Gasteiger partial charge on any atom is 0.272 e. The number of carbonyl (C=O) groups is 2. The van der Waals surface area contributed by atoms with Crippen molar-refractivity contribution < 1.29 is 9.59 Å². The highest BCUT2D eigenvalue weighted by molar-refractivity contribution is 5.97. The number of benzene rings is 1. The molecule has 0 spiro atoms. The Balaban J connectivity index is 2.04. The molecule has 1 aromatic carbocycles. The van der Waals surface area contributed by atoms with Crippen LogP contribution in [0.25, 0.3) is 11.4 Å². The van der Waals surface area contributed by atoms with Crippen molar-refractivity contribution in [1.29, 1.82) is 0 Å². The largest absolute Gasteiger partial charge is 0.357 e. The lowest BCUT2D eigenvalue weighted by atomic mass is 9.86. The topological polar surface area (TPSA) is 79.3 Å². The number of fused-ring (bicyclic) bond motifs is 1. The standard InChI is InChI=1S/C23H33N5O2/c1-6-27-13-10-14-28-17(15-27)18(25-20(28)16-11-8-7-9-12-16)21(29)26-19(22(30)24-5)23(2,3)4/h7-9,11-12,19H,6,10,13-15H2,1-5H3,(H,24,30)(H,26,29). The van der Waals surface area contributed by atoms with E-state index in [0.717, 1.165) is 43.1 Å². The van der Waals surface area contributed by atoms with E-state index in [4.69, 9.17) is 4.98 Å². The lowest BCUT2D eigenvalue weighted by Crippen LogP contribution is -2.53. The molecule has 0 saturated heterocycles. The third-order valence-electron chi connectivity index (χ3n) is 5.65. The van der Waals surface area contributed by atoms with Gasteiger partial charge in [0.15, 0.2) is 5.69 Å². The quantitative estimate of drug-likeness (QED) is 0.793. The van der Waals surface area contributed by atoms with E-state index in [2.05, 4.69) is 27.0 Å². The van der Waals surface area contributed by atoms with Gasteiger partial charge in [-0.1, -0.05) is 58.0 Å². The van der Waals surface area contributed by atoms with E-state index in [-0.39, 0.29) is 11.8 Å². The minimum absolute atomic E-state index is 0.209. The van der Waals surface area contributed by atoms with Gasteiger partial charge >= 0.3 is 0 Å². The lowest BCUT2D eigenvalue weighted by Gasteiger charge is -2.29. The highest BCUT2D eigenvalue weighted by Gasteiger charge is 2.34. The molecule has 0 saturated carbocycles. The van der Waals surface area contributed by atoms with Crippen molar-refractivity contribution in [2.24, 2.45) is 5.41 Å². The molecule has 7 nitrogen and oxygen atoms in total. The summed E-state index contributed by atoms with van der Waals surface area (Å²) in [4.78, 5) is 32.9. The van der Waals surface area contributed by atoms with Gasteiger partial charge in [0.2, 0.25) is 5.91 Å². The molecule has 7 heteroatoms. The molecular weight excluding hydrogens is 378 g/mol. The zero-order chi connectivity index (χ0) is 21.9. The summed E-state index contributed by atoms with van der Waals surface area (Å²) in [5, 5.41) is 5.61. The number of rotatable bonds is 5. The van der Waals surface area contributed by atoms with Gasteiger partial charge in [-0.05, 0) is 18.4 Å². The summed E-state index contributed by atoms with van der Waals surface area (Å²) < 4.78 is 2.17. The maximum absolute atomic E-state index is 13.4. The second-order valence-corrected chi connectivity index (χ2v) is 8.86. The van der Waals surface area contributed by atoms with Gasteiger partial charge in [0, 0.05) is 32.2 Å². The first kappa shape index (κ1) is 22.0. The van der Waals surface area contributed by atoms with Crippen LogP contribution in [-0.4, -0.2) is 52.4 Å². The predicted octanol–water partition coefficient (Wildman–Crippen LogP) is 2.67. The van der Waals surface area contributed by atoms with E-state index in [1.54, 1.807) is 7.05 Å². The molecule has 30 heavy (non-hydrogen) atoms. The molecule has 1 atom stereocenters. The molecule has 1 aliphatic heterocycles. The number of likely N-dealkylation sites (N-methyl/N-ethyl adjacent to an activating group) is 1. The zero-order valence-electron chi connectivity index (χ0n) is 18.7. The number of aromatic nitrogens is 2. The molecule has 1 aliphatic rings. The number of imidazole rings is 1. The highest BCUT2D eigenvalue weighted by Crippen LogP contribution is 2.27. The van der Waals surface area contributed by atoms with E-state index in [0.29, 0.717) is 12.2 Å². The van der Waals surface area contributed by atoms with Gasteiger partial charge in [0.1, 0.15) is 11.9 Å². The minimum Gasteiger partial charge on any atom is -0.357 e. The van der Waals surface area contributed by atoms with Crippen molar-refractivity contribution in [1.82, 2.24) is 25.1 Å². The molecule has 162 valence electrons. The van der Waals surface area contributed by atoms with Crippen molar-refractivity contribution >= 4 is 11.8 Å². The SMILES string of the molecule is CCN1CCCn2c(-c3ccccc3)nc(C(=O)NC(C(=O)NC)C(C)(C)C)c2C1. The molecule has 0 bridgehead atoms. The predicted molar refractivity (Wildman–Crippen MR) is 118 cm³/mol. The Morgan fingerprint density at radius 2 is 1.87 bits per heavy atom. The fraction of sp³-hybridized carbons (Fsp3) is 0.522. The fourth-order valence-corrected chi connectivity index (χ4v) is 3.91. The molecule has 2 N–H and O–H groups in total. The molecule has 2 amide bonds. The molecular formula is C23H33N5O2. The van der Waals surface area contributed by atoms with Gasteiger partial charge in [-0.25, -0.2) is 4.98 Å². The molecule has 0 radical (unpaired) electrons. The van der Waals surface area contributed by atoms with Crippen LogP contribution in [0, 0.1) is 5.41 Å². The Labute approximate surface area is 178 Å². The lowest BCUT2D eigenvalue weighted by molar-refractivity contribution is -0.124. The maximum atomic E-state index is 13.4. The number of nitrogens with one attached hydrogen (secondary N) is 2. The molecule has 0 aliphatic carbocycles. The number of hydrogen-bond donors (Lipinski definition) is 2. The molecule has 2 heterocycles. The van der Waals surface area contributed by atoms with Crippen LogP contribution in [0.5, 0.6) is 0 Å². The molecule has 3 rings (SSSR count). The Bertz CT molecular complexity index is 898. The Kier molecular flexibility index (Phi) is 6.61. The van der Waals surface area contributed by atoms with Crippen molar-refractivity contribution in [3.05, 3.63) is 41.7 Å². The van der Waals surface area contributed by atoms with Gasteiger partial charge in [0.25, 0.3) is 5.91 Å². The monoisotopic (exact) mass is 411 g/mol. The smallest absolute Gasteiger partial charge is 0.272 e. The first-order chi connectivity index (χ1) is 14.3. The van der Waals surface area contributed by atoms with Gasteiger partial charge in [-0.15, -0.1) is 0 Å². The van der Waals surface area contributed by atoms with Gasteiger partial charge in [-0.3, -0.25) is 14.5 Å². The van der Waals surface area contributed by atoms with Crippen LogP contribution < -0.4 is 10.6 Å². The van der Waals surface area contributed by atoms with Crippen molar-refractivity contribution in [2.75, 3.05) is 20.1 Å². The summed E-state index contributed by atoms with van der Waals surface area (Å²) >= 11 is 0. The third kappa shape index (κ3) is 4.56. The minimum atomic E-state index is -0.652. The van der Waals surface area contributed by atoms with E-state index in [1.165, 1.54) is 0 Å². The number of nitrogens with zero attached hydrogens (tertiary/aromatic N) is 3. The fourth-order valence-electron chi connectivity index (χ4n) is 3.91. The summed E-state index contributed by atoms with van der Waals surface area (Å²) in [5.74, 6) is 0.294. The second kappa shape index (κ2) is 9.00. The van der Waals surface area contributed by atoms with E-state index < -0.39 is 11.5 Å². The average molecular weight is 412 g/mol. The van der Waals surface area contributed by atoms with Crippen molar-refractivity contribution in [3.63, 3.8) is 0 Å². The van der Waals surface area contributed by atoms with Crippen LogP contribution in [0.15, 0.2) is 30.3 Å². The summed E-state index contributed by atoms with van der Waals surface area (Å²) in [6.45, 7) is 11.3. The average Bonchev–Trinajstić information content (AvgIpc) is 2.94. The molecule has 1 aromatic heterocycles. The van der Waals surface area contributed by atoms with Gasteiger partial charge < -0.3 is 15.2 Å². The summed E-state index contributed by atoms with van der Waals surface area (Å²) in [5.41, 5.74) is 1.88. The zero-order valence-corrected chi connectivity index (χ0v) is 18.7. The van der Waals surface area contributed by atoms with E-state index >= 15 is 0 Å². The van der Waals surface area contributed by atoms with Gasteiger partial charge in [-0.2, -0.15) is 0 Å². The highest BCUT2D eigenvalue weighted by atomic mass is 16.2. The third-order valence-corrected chi connectivity index (χ3v) is 5.65. The Hall–Kier alpha value is -2.67. The number of amides is 2. The normalized spacial score (nSPS) is 15.8. The van der Waals surface area contributed by atoms with Crippen LogP contribution in [0.4, 0.5) is 0 Å². The van der Waals surface area contributed by atoms with Crippen LogP contribution in [0.1, 0.15) is 50.3 Å². The van der Waals surface area contributed by atoms with Crippen LogP contribution >= 0.6 is 0 Å².